The lowest BCUT2D eigenvalue weighted by Crippen LogP contribution is -2.41. The van der Waals surface area contributed by atoms with Crippen LogP contribution in [0.4, 0.5) is 0 Å². The van der Waals surface area contributed by atoms with Crippen LogP contribution >= 0.6 is 0 Å². The highest BCUT2D eigenvalue weighted by Gasteiger charge is 2.32. The van der Waals surface area contributed by atoms with Crippen molar-refractivity contribution >= 4 is 10.5 Å². The normalized spacial score (nSPS) is 12.6. The quantitative estimate of drug-likeness (QED) is 0.398. The van der Waals surface area contributed by atoms with E-state index in [0.29, 0.717) is 22.8 Å². The van der Waals surface area contributed by atoms with Crippen molar-refractivity contribution in [2.45, 2.75) is 26.2 Å². The minimum Gasteiger partial charge on any atom is -0.394 e. The van der Waals surface area contributed by atoms with Gasteiger partial charge in [0.15, 0.2) is 10.5 Å². The van der Waals surface area contributed by atoms with Crippen molar-refractivity contribution in [2.75, 3.05) is 26.4 Å². The van der Waals surface area contributed by atoms with Gasteiger partial charge in [-0.2, -0.15) is 0 Å². The fourth-order valence-electron chi connectivity index (χ4n) is 1.26. The van der Waals surface area contributed by atoms with Gasteiger partial charge in [0.25, 0.3) is 5.97 Å². The van der Waals surface area contributed by atoms with Crippen LogP contribution in [0.1, 0.15) is 20.3 Å². The molecule has 0 rings (SSSR count). The van der Waals surface area contributed by atoms with Gasteiger partial charge in [-0.05, 0) is 5.92 Å². The second kappa shape index (κ2) is 8.20. The van der Waals surface area contributed by atoms with Crippen molar-refractivity contribution in [3.63, 3.8) is 0 Å². The molecule has 2 N–H and O–H groups in total. The highest BCUT2D eigenvalue weighted by molar-refractivity contribution is 5.98. The molecule has 0 spiro atoms. The minimum absolute atomic E-state index is 0.0761. The van der Waals surface area contributed by atoms with Crippen LogP contribution in [-0.4, -0.2) is 53.1 Å². The fraction of sp³-hybridized carbons (Fsp3) is 1.00. The van der Waals surface area contributed by atoms with E-state index >= 15 is 0 Å². The largest absolute Gasteiger partial charge is 0.394 e. The van der Waals surface area contributed by atoms with Gasteiger partial charge >= 0.3 is 0 Å². The average Bonchev–Trinajstić information content (AvgIpc) is 2.22. The summed E-state index contributed by atoms with van der Waals surface area (Å²) in [6.07, 6.45) is 0.580. The zero-order valence-electron chi connectivity index (χ0n) is 9.73. The molecule has 0 aromatic carbocycles. The van der Waals surface area contributed by atoms with Crippen molar-refractivity contribution in [3.8, 4) is 0 Å². The zero-order valence-corrected chi connectivity index (χ0v) is 11.7. The smallest absolute Gasteiger partial charge is 0.272 e. The van der Waals surface area contributed by atoms with Gasteiger partial charge in [-0.15, -0.1) is 0 Å². The molecule has 15 heavy (non-hydrogen) atoms. The molecule has 0 aliphatic carbocycles. The third-order valence-electron chi connectivity index (χ3n) is 1.80. The fourth-order valence-corrected chi connectivity index (χ4v) is 1.67. The second-order valence-electron chi connectivity index (χ2n) is 3.63. The molecular formula is C9H22O5Si. The summed E-state index contributed by atoms with van der Waals surface area (Å²) < 4.78 is 16.1. The molecule has 0 bridgehead atoms. The van der Waals surface area contributed by atoms with Crippen molar-refractivity contribution in [1.29, 1.82) is 0 Å². The van der Waals surface area contributed by atoms with Crippen LogP contribution in [0.5, 0.6) is 0 Å². The van der Waals surface area contributed by atoms with E-state index in [9.17, 15) is 0 Å². The van der Waals surface area contributed by atoms with Gasteiger partial charge in [-0.1, -0.05) is 13.8 Å². The Morgan fingerprint density at radius 2 is 1.60 bits per heavy atom. The van der Waals surface area contributed by atoms with Gasteiger partial charge < -0.3 is 24.1 Å². The average molecular weight is 238 g/mol. The van der Waals surface area contributed by atoms with E-state index in [1.807, 2.05) is 13.8 Å². The number of rotatable bonds is 9. The second-order valence-corrected chi connectivity index (χ2v) is 4.04. The summed E-state index contributed by atoms with van der Waals surface area (Å²) in [5.41, 5.74) is 0. The first-order valence-electron chi connectivity index (χ1n) is 5.15. The van der Waals surface area contributed by atoms with Crippen LogP contribution in [-0.2, 0) is 13.9 Å². The molecule has 0 heterocycles. The van der Waals surface area contributed by atoms with Gasteiger partial charge in [0.2, 0.25) is 0 Å². The summed E-state index contributed by atoms with van der Waals surface area (Å²) in [5, 5.41) is 17.4. The first kappa shape index (κ1) is 15.0. The molecule has 5 nitrogen and oxygen atoms in total. The van der Waals surface area contributed by atoms with Gasteiger partial charge in [-0.3, -0.25) is 0 Å². The standard InChI is InChI=1S/C9H22O5Si/c1-8(2)7-9(14-15,12-5-3-10)13-6-4-11/h8,10-11H,3-7H2,1-2,15H3. The maximum atomic E-state index is 8.71. The molecule has 0 aromatic heterocycles. The predicted octanol–water partition coefficient (Wildman–Crippen LogP) is -0.999. The highest BCUT2D eigenvalue weighted by Crippen LogP contribution is 2.23. The van der Waals surface area contributed by atoms with E-state index in [4.69, 9.17) is 24.1 Å². The Morgan fingerprint density at radius 3 is 1.87 bits per heavy atom. The molecular weight excluding hydrogens is 216 g/mol. The van der Waals surface area contributed by atoms with Crippen LogP contribution in [0.2, 0.25) is 0 Å². The van der Waals surface area contributed by atoms with E-state index in [-0.39, 0.29) is 26.4 Å². The third-order valence-corrected chi connectivity index (χ3v) is 2.42. The van der Waals surface area contributed by atoms with Crippen molar-refractivity contribution in [1.82, 2.24) is 0 Å². The Bertz CT molecular complexity index is 145. The minimum atomic E-state index is -1.09. The lowest BCUT2D eigenvalue weighted by molar-refractivity contribution is -0.353. The number of aliphatic hydroxyl groups is 2. The molecule has 0 unspecified atom stereocenters. The third kappa shape index (κ3) is 6.24. The number of hydrogen-bond donors (Lipinski definition) is 2. The maximum absolute atomic E-state index is 8.71. The van der Waals surface area contributed by atoms with Crippen molar-refractivity contribution < 1.29 is 24.1 Å². The van der Waals surface area contributed by atoms with Crippen molar-refractivity contribution in [3.05, 3.63) is 0 Å². The summed E-state index contributed by atoms with van der Waals surface area (Å²) in [4.78, 5) is 0. The molecule has 0 saturated carbocycles. The lowest BCUT2D eigenvalue weighted by atomic mass is 10.1. The number of aliphatic hydroxyl groups excluding tert-OH is 2. The summed E-state index contributed by atoms with van der Waals surface area (Å²) >= 11 is 0. The summed E-state index contributed by atoms with van der Waals surface area (Å²) in [7, 11) is 0.472. The Hall–Kier alpha value is 0.0169. The van der Waals surface area contributed by atoms with E-state index < -0.39 is 5.97 Å². The molecule has 92 valence electrons. The first-order valence-corrected chi connectivity index (χ1v) is 5.96. The lowest BCUT2D eigenvalue weighted by Gasteiger charge is -2.33. The SMILES string of the molecule is CC(C)CC(O[SiH3])(OCCO)OCCO. The molecule has 0 aromatic rings. The summed E-state index contributed by atoms with van der Waals surface area (Å²) in [5.74, 6) is -0.748. The Balaban J connectivity index is 4.30. The van der Waals surface area contributed by atoms with E-state index in [2.05, 4.69) is 0 Å². The Morgan fingerprint density at radius 1 is 1.13 bits per heavy atom. The Labute approximate surface area is 93.9 Å². The Kier molecular flexibility index (Phi) is 8.21. The zero-order chi connectivity index (χ0) is 11.7. The van der Waals surface area contributed by atoms with E-state index in [0.717, 1.165) is 0 Å². The predicted molar refractivity (Wildman–Crippen MR) is 59.3 cm³/mol. The van der Waals surface area contributed by atoms with E-state index in [1.54, 1.807) is 0 Å². The summed E-state index contributed by atoms with van der Waals surface area (Å²) in [6, 6.07) is 0. The molecule has 0 atom stereocenters. The monoisotopic (exact) mass is 238 g/mol. The summed E-state index contributed by atoms with van der Waals surface area (Å²) in [6.45, 7) is 4.24. The van der Waals surface area contributed by atoms with Crippen molar-refractivity contribution in [2.24, 2.45) is 5.92 Å². The van der Waals surface area contributed by atoms with Gasteiger partial charge in [-0.25, -0.2) is 0 Å². The van der Waals surface area contributed by atoms with Gasteiger partial charge in [0, 0.05) is 6.42 Å². The van der Waals surface area contributed by atoms with Gasteiger partial charge in [0.05, 0.1) is 26.4 Å². The van der Waals surface area contributed by atoms with Crippen LogP contribution in [0.15, 0.2) is 0 Å². The van der Waals surface area contributed by atoms with Crippen LogP contribution in [0.3, 0.4) is 0 Å². The van der Waals surface area contributed by atoms with Crippen LogP contribution in [0, 0.1) is 5.92 Å². The molecule has 0 radical (unpaired) electrons. The maximum Gasteiger partial charge on any atom is 0.272 e. The molecule has 0 saturated heterocycles. The molecule has 6 heteroatoms. The van der Waals surface area contributed by atoms with Crippen LogP contribution in [0.25, 0.3) is 0 Å². The number of hydrogen-bond acceptors (Lipinski definition) is 5. The number of ether oxygens (including phenoxy) is 2. The molecule has 0 fully saturated rings. The molecule has 0 aliphatic rings. The molecule has 0 amide bonds. The highest BCUT2D eigenvalue weighted by atomic mass is 28.2. The van der Waals surface area contributed by atoms with E-state index in [1.165, 1.54) is 0 Å². The first-order chi connectivity index (χ1) is 7.10. The molecule has 0 aliphatic heterocycles. The van der Waals surface area contributed by atoms with Gasteiger partial charge in [0.1, 0.15) is 0 Å². The topological polar surface area (TPSA) is 68.2 Å². The van der Waals surface area contributed by atoms with Crippen LogP contribution < -0.4 is 0 Å².